The number of ether oxygens (including phenoxy) is 1. The highest BCUT2D eigenvalue weighted by Gasteiger charge is 2.37. The van der Waals surface area contributed by atoms with Crippen molar-refractivity contribution < 1.29 is 14.6 Å². The zero-order valence-corrected chi connectivity index (χ0v) is 13.4. The first-order chi connectivity index (χ1) is 10.4. The SMILES string of the molecule is CC1(C)CC(NC(=O)CC2(O)CCCC2)c2ccccc2O1. The van der Waals surface area contributed by atoms with Crippen LogP contribution in [0.4, 0.5) is 0 Å². The molecular weight excluding hydrogens is 278 g/mol. The topological polar surface area (TPSA) is 58.6 Å². The Kier molecular flexibility index (Phi) is 3.89. The van der Waals surface area contributed by atoms with Crippen LogP contribution in [0.2, 0.25) is 0 Å². The summed E-state index contributed by atoms with van der Waals surface area (Å²) < 4.78 is 5.98. The molecule has 1 unspecified atom stereocenters. The smallest absolute Gasteiger partial charge is 0.223 e. The van der Waals surface area contributed by atoms with Crippen LogP contribution in [0.3, 0.4) is 0 Å². The predicted molar refractivity (Wildman–Crippen MR) is 84.7 cm³/mol. The summed E-state index contributed by atoms with van der Waals surface area (Å²) in [5, 5.41) is 13.5. The predicted octanol–water partition coefficient (Wildman–Crippen LogP) is 3.10. The number of aliphatic hydroxyl groups is 1. The van der Waals surface area contributed by atoms with E-state index in [0.29, 0.717) is 0 Å². The standard InChI is InChI=1S/C18H25NO3/c1-17(2)11-14(13-7-3-4-8-15(13)22-17)19-16(20)12-18(21)9-5-6-10-18/h3-4,7-8,14,21H,5-6,9-12H2,1-2H3,(H,19,20). The van der Waals surface area contributed by atoms with Crippen LogP contribution in [-0.4, -0.2) is 22.2 Å². The van der Waals surface area contributed by atoms with Gasteiger partial charge in [-0.3, -0.25) is 4.79 Å². The van der Waals surface area contributed by atoms with Crippen LogP contribution in [0.5, 0.6) is 5.75 Å². The number of benzene rings is 1. The van der Waals surface area contributed by atoms with Gasteiger partial charge in [0, 0.05) is 12.0 Å². The van der Waals surface area contributed by atoms with Gasteiger partial charge in [-0.05, 0) is 32.8 Å². The summed E-state index contributed by atoms with van der Waals surface area (Å²) in [6, 6.07) is 7.79. The molecule has 2 aliphatic rings. The molecule has 0 aromatic heterocycles. The van der Waals surface area contributed by atoms with Crippen molar-refractivity contribution in [1.82, 2.24) is 5.32 Å². The molecule has 1 aromatic rings. The van der Waals surface area contributed by atoms with Gasteiger partial charge in [-0.25, -0.2) is 0 Å². The van der Waals surface area contributed by atoms with Gasteiger partial charge in [-0.1, -0.05) is 31.0 Å². The molecule has 4 heteroatoms. The van der Waals surface area contributed by atoms with Crippen LogP contribution >= 0.6 is 0 Å². The Morgan fingerprint density at radius 3 is 2.73 bits per heavy atom. The maximum atomic E-state index is 12.4. The van der Waals surface area contributed by atoms with Gasteiger partial charge in [0.1, 0.15) is 11.4 Å². The summed E-state index contributed by atoms with van der Waals surface area (Å²) >= 11 is 0. The summed E-state index contributed by atoms with van der Waals surface area (Å²) in [5.74, 6) is 0.769. The van der Waals surface area contributed by atoms with Gasteiger partial charge in [-0.2, -0.15) is 0 Å². The zero-order chi connectivity index (χ0) is 15.8. The Morgan fingerprint density at radius 2 is 2.00 bits per heavy atom. The number of rotatable bonds is 3. The lowest BCUT2D eigenvalue weighted by atomic mass is 9.89. The highest BCUT2D eigenvalue weighted by Crippen LogP contribution is 2.39. The van der Waals surface area contributed by atoms with E-state index < -0.39 is 5.60 Å². The lowest BCUT2D eigenvalue weighted by molar-refractivity contribution is -0.127. The van der Waals surface area contributed by atoms with E-state index in [0.717, 1.165) is 43.4 Å². The van der Waals surface area contributed by atoms with Crippen molar-refractivity contribution in [2.75, 3.05) is 0 Å². The van der Waals surface area contributed by atoms with Gasteiger partial charge in [0.25, 0.3) is 0 Å². The van der Waals surface area contributed by atoms with Crippen LogP contribution < -0.4 is 10.1 Å². The third-order valence-corrected chi connectivity index (χ3v) is 4.74. The van der Waals surface area contributed by atoms with Crippen LogP contribution in [-0.2, 0) is 4.79 Å². The largest absolute Gasteiger partial charge is 0.487 e. The molecule has 0 spiro atoms. The quantitative estimate of drug-likeness (QED) is 0.902. The fraction of sp³-hybridized carbons (Fsp3) is 0.611. The van der Waals surface area contributed by atoms with E-state index in [4.69, 9.17) is 4.74 Å². The van der Waals surface area contributed by atoms with Crippen molar-refractivity contribution in [3.8, 4) is 5.75 Å². The monoisotopic (exact) mass is 303 g/mol. The van der Waals surface area contributed by atoms with Crippen molar-refractivity contribution in [3.05, 3.63) is 29.8 Å². The minimum atomic E-state index is -0.801. The average molecular weight is 303 g/mol. The van der Waals surface area contributed by atoms with Crippen LogP contribution in [0, 0.1) is 0 Å². The molecule has 0 radical (unpaired) electrons. The molecule has 120 valence electrons. The Balaban J connectivity index is 1.72. The van der Waals surface area contributed by atoms with Crippen molar-refractivity contribution in [2.24, 2.45) is 0 Å². The minimum Gasteiger partial charge on any atom is -0.487 e. The molecule has 2 N–H and O–H groups in total. The molecule has 1 fully saturated rings. The second-order valence-electron chi connectivity index (χ2n) is 7.33. The molecule has 3 rings (SSSR count). The summed E-state index contributed by atoms with van der Waals surface area (Å²) in [7, 11) is 0. The number of hydrogen-bond acceptors (Lipinski definition) is 3. The Hall–Kier alpha value is -1.55. The summed E-state index contributed by atoms with van der Waals surface area (Å²) in [6.07, 6.45) is 4.42. The molecule has 1 saturated carbocycles. The average Bonchev–Trinajstić information content (AvgIpc) is 2.83. The lowest BCUT2D eigenvalue weighted by Gasteiger charge is -2.38. The molecule has 1 aliphatic carbocycles. The normalized spacial score (nSPS) is 25.1. The first-order valence-corrected chi connectivity index (χ1v) is 8.17. The second kappa shape index (κ2) is 5.58. The molecule has 1 atom stereocenters. The number of para-hydroxylation sites is 1. The Labute approximate surface area is 131 Å². The van der Waals surface area contributed by atoms with Crippen molar-refractivity contribution in [2.45, 2.75) is 69.6 Å². The highest BCUT2D eigenvalue weighted by atomic mass is 16.5. The minimum absolute atomic E-state index is 0.0579. The maximum Gasteiger partial charge on any atom is 0.223 e. The number of nitrogens with one attached hydrogen (secondary N) is 1. The molecule has 4 nitrogen and oxygen atoms in total. The summed E-state index contributed by atoms with van der Waals surface area (Å²) in [5.41, 5.74) is -0.0884. The third-order valence-electron chi connectivity index (χ3n) is 4.74. The number of hydrogen-bond donors (Lipinski definition) is 2. The number of carbonyl (C=O) groups is 1. The van der Waals surface area contributed by atoms with Crippen LogP contribution in [0.15, 0.2) is 24.3 Å². The molecule has 0 saturated heterocycles. The first-order valence-electron chi connectivity index (χ1n) is 8.17. The van der Waals surface area contributed by atoms with Gasteiger partial charge >= 0.3 is 0 Å². The second-order valence-corrected chi connectivity index (χ2v) is 7.33. The Bertz CT molecular complexity index is 561. The fourth-order valence-corrected chi connectivity index (χ4v) is 3.69. The van der Waals surface area contributed by atoms with Crippen molar-refractivity contribution >= 4 is 5.91 Å². The fourth-order valence-electron chi connectivity index (χ4n) is 3.69. The lowest BCUT2D eigenvalue weighted by Crippen LogP contribution is -2.43. The van der Waals surface area contributed by atoms with E-state index in [9.17, 15) is 9.90 Å². The number of carbonyl (C=O) groups excluding carboxylic acids is 1. The van der Waals surface area contributed by atoms with E-state index in [-0.39, 0.29) is 24.0 Å². The van der Waals surface area contributed by atoms with E-state index in [1.165, 1.54) is 0 Å². The highest BCUT2D eigenvalue weighted by molar-refractivity contribution is 5.77. The first kappa shape index (κ1) is 15.3. The maximum absolute atomic E-state index is 12.4. The van der Waals surface area contributed by atoms with Gasteiger partial charge in [0.2, 0.25) is 5.91 Å². The third kappa shape index (κ3) is 3.27. The van der Waals surface area contributed by atoms with E-state index in [1.807, 2.05) is 38.1 Å². The van der Waals surface area contributed by atoms with Gasteiger partial charge in [0.15, 0.2) is 0 Å². The van der Waals surface area contributed by atoms with Gasteiger partial charge in [0.05, 0.1) is 18.1 Å². The molecule has 1 amide bonds. The number of fused-ring (bicyclic) bond motifs is 1. The van der Waals surface area contributed by atoms with E-state index >= 15 is 0 Å². The summed E-state index contributed by atoms with van der Waals surface area (Å²) in [6.45, 7) is 4.07. The Morgan fingerprint density at radius 1 is 1.32 bits per heavy atom. The molecule has 1 heterocycles. The van der Waals surface area contributed by atoms with Gasteiger partial charge in [-0.15, -0.1) is 0 Å². The zero-order valence-electron chi connectivity index (χ0n) is 13.4. The molecule has 22 heavy (non-hydrogen) atoms. The van der Waals surface area contributed by atoms with E-state index in [2.05, 4.69) is 5.32 Å². The van der Waals surface area contributed by atoms with Crippen LogP contribution in [0.1, 0.15) is 64.0 Å². The van der Waals surface area contributed by atoms with E-state index in [1.54, 1.807) is 0 Å². The number of amides is 1. The van der Waals surface area contributed by atoms with Gasteiger partial charge < -0.3 is 15.2 Å². The van der Waals surface area contributed by atoms with Crippen molar-refractivity contribution in [1.29, 1.82) is 0 Å². The van der Waals surface area contributed by atoms with Crippen molar-refractivity contribution in [3.63, 3.8) is 0 Å². The molecular formula is C18H25NO3. The molecule has 1 aliphatic heterocycles. The molecule has 0 bridgehead atoms. The van der Waals surface area contributed by atoms with Crippen LogP contribution in [0.25, 0.3) is 0 Å². The molecule has 1 aromatic carbocycles. The summed E-state index contributed by atoms with van der Waals surface area (Å²) in [4.78, 5) is 12.4.